The van der Waals surface area contributed by atoms with Crippen LogP contribution in [0.25, 0.3) is 0 Å². The van der Waals surface area contributed by atoms with Gasteiger partial charge in [0.15, 0.2) is 0 Å². The Morgan fingerprint density at radius 1 is 1.10 bits per heavy atom. The lowest BCUT2D eigenvalue weighted by atomic mass is 10.1. The molecule has 0 unspecified atom stereocenters. The summed E-state index contributed by atoms with van der Waals surface area (Å²) in [6.45, 7) is 2.49. The first-order chi connectivity index (χ1) is 10.0. The largest absolute Gasteiger partial charge is 0.352 e. The molecule has 0 radical (unpaired) electrons. The van der Waals surface area contributed by atoms with Crippen LogP contribution in [0.2, 0.25) is 0 Å². The molecule has 0 aliphatic carbocycles. The van der Waals surface area contributed by atoms with Crippen molar-refractivity contribution in [2.45, 2.75) is 26.3 Å². The standard InChI is InChI=1S/C17H20N2O2/c1-13-3-5-14(6-4-13)7-9-16(20)18-11-15-8-10-17(21)19(2)12-15/h3-6,8,10,12H,7,9,11H2,1-2H3,(H,18,20). The van der Waals surface area contributed by atoms with Crippen LogP contribution in [0.15, 0.2) is 47.4 Å². The fraction of sp³-hybridized carbons (Fsp3) is 0.294. The normalized spacial score (nSPS) is 10.4. The van der Waals surface area contributed by atoms with Crippen LogP contribution in [0.1, 0.15) is 23.1 Å². The second-order valence-electron chi connectivity index (χ2n) is 5.25. The molecule has 0 saturated carbocycles. The zero-order valence-corrected chi connectivity index (χ0v) is 12.4. The van der Waals surface area contributed by atoms with Gasteiger partial charge >= 0.3 is 0 Å². The summed E-state index contributed by atoms with van der Waals surface area (Å²) in [6, 6.07) is 11.5. The van der Waals surface area contributed by atoms with E-state index in [0.717, 1.165) is 17.5 Å². The van der Waals surface area contributed by atoms with Crippen LogP contribution >= 0.6 is 0 Å². The Balaban J connectivity index is 1.80. The van der Waals surface area contributed by atoms with E-state index < -0.39 is 0 Å². The summed E-state index contributed by atoms with van der Waals surface area (Å²) in [5.41, 5.74) is 3.25. The molecule has 0 aliphatic heterocycles. The highest BCUT2D eigenvalue weighted by atomic mass is 16.1. The maximum absolute atomic E-state index is 11.8. The summed E-state index contributed by atoms with van der Waals surface area (Å²) >= 11 is 0. The molecule has 4 heteroatoms. The highest BCUT2D eigenvalue weighted by Gasteiger charge is 2.03. The molecule has 0 fully saturated rings. The average molecular weight is 284 g/mol. The van der Waals surface area contributed by atoms with Gasteiger partial charge in [-0.25, -0.2) is 0 Å². The predicted octanol–water partition coefficient (Wildman–Crippen LogP) is 1.94. The molecular weight excluding hydrogens is 264 g/mol. The third-order valence-electron chi connectivity index (χ3n) is 3.40. The van der Waals surface area contributed by atoms with Gasteiger partial charge in [-0.05, 0) is 24.5 Å². The van der Waals surface area contributed by atoms with Crippen molar-refractivity contribution in [2.75, 3.05) is 0 Å². The van der Waals surface area contributed by atoms with Crippen molar-refractivity contribution in [3.8, 4) is 0 Å². The summed E-state index contributed by atoms with van der Waals surface area (Å²) in [6.07, 6.45) is 2.94. The van der Waals surface area contributed by atoms with Gasteiger partial charge in [0.1, 0.15) is 0 Å². The fourth-order valence-corrected chi connectivity index (χ4v) is 2.06. The van der Waals surface area contributed by atoms with Gasteiger partial charge in [0.05, 0.1) is 0 Å². The highest BCUT2D eigenvalue weighted by molar-refractivity contribution is 5.76. The quantitative estimate of drug-likeness (QED) is 0.912. The average Bonchev–Trinajstić information content (AvgIpc) is 2.48. The molecule has 1 heterocycles. The van der Waals surface area contributed by atoms with Gasteiger partial charge < -0.3 is 9.88 Å². The van der Waals surface area contributed by atoms with E-state index >= 15 is 0 Å². The molecule has 1 aromatic carbocycles. The maximum atomic E-state index is 11.8. The van der Waals surface area contributed by atoms with E-state index in [1.165, 1.54) is 16.2 Å². The number of nitrogens with zero attached hydrogens (tertiary/aromatic N) is 1. The minimum atomic E-state index is -0.0514. The number of pyridine rings is 1. The minimum absolute atomic E-state index is 0.0180. The van der Waals surface area contributed by atoms with E-state index in [9.17, 15) is 9.59 Å². The van der Waals surface area contributed by atoms with Crippen LogP contribution in [-0.4, -0.2) is 10.5 Å². The Hall–Kier alpha value is -2.36. The molecule has 0 aliphatic rings. The third-order valence-corrected chi connectivity index (χ3v) is 3.40. The number of carbonyl (C=O) groups is 1. The van der Waals surface area contributed by atoms with Gasteiger partial charge in [0, 0.05) is 32.3 Å². The van der Waals surface area contributed by atoms with E-state index in [1.54, 1.807) is 19.3 Å². The number of aromatic nitrogens is 1. The summed E-state index contributed by atoms with van der Waals surface area (Å²) in [4.78, 5) is 23.1. The number of aryl methyl sites for hydroxylation is 3. The third kappa shape index (κ3) is 4.60. The van der Waals surface area contributed by atoms with E-state index in [2.05, 4.69) is 29.6 Å². The number of hydrogen-bond acceptors (Lipinski definition) is 2. The van der Waals surface area contributed by atoms with Crippen molar-refractivity contribution in [1.82, 2.24) is 9.88 Å². The van der Waals surface area contributed by atoms with Crippen LogP contribution in [0.4, 0.5) is 0 Å². The van der Waals surface area contributed by atoms with Gasteiger partial charge in [-0.2, -0.15) is 0 Å². The van der Waals surface area contributed by atoms with Crippen molar-refractivity contribution in [3.63, 3.8) is 0 Å². The molecule has 0 saturated heterocycles. The number of carbonyl (C=O) groups excluding carboxylic acids is 1. The number of nitrogens with one attached hydrogen (secondary N) is 1. The molecule has 1 aromatic heterocycles. The molecule has 0 atom stereocenters. The number of amides is 1. The number of rotatable bonds is 5. The topological polar surface area (TPSA) is 51.1 Å². The summed E-state index contributed by atoms with van der Waals surface area (Å²) in [7, 11) is 1.70. The van der Waals surface area contributed by atoms with Gasteiger partial charge in [-0.1, -0.05) is 35.9 Å². The molecule has 1 amide bonds. The first-order valence-electron chi connectivity index (χ1n) is 7.02. The molecule has 1 N–H and O–H groups in total. The predicted molar refractivity (Wildman–Crippen MR) is 83.0 cm³/mol. The Kier molecular flexibility index (Phi) is 4.93. The highest BCUT2D eigenvalue weighted by Crippen LogP contribution is 2.05. The van der Waals surface area contributed by atoms with E-state index in [0.29, 0.717) is 13.0 Å². The van der Waals surface area contributed by atoms with Crippen LogP contribution < -0.4 is 10.9 Å². The molecule has 4 nitrogen and oxygen atoms in total. The van der Waals surface area contributed by atoms with Crippen LogP contribution in [0.5, 0.6) is 0 Å². The van der Waals surface area contributed by atoms with Crippen LogP contribution in [0.3, 0.4) is 0 Å². The second kappa shape index (κ2) is 6.88. The van der Waals surface area contributed by atoms with Crippen molar-refractivity contribution >= 4 is 5.91 Å². The Bertz CT molecular complexity index is 672. The first kappa shape index (κ1) is 15.0. The van der Waals surface area contributed by atoms with Gasteiger partial charge in [-0.3, -0.25) is 9.59 Å². The molecule has 2 rings (SSSR count). The fourth-order valence-electron chi connectivity index (χ4n) is 2.06. The van der Waals surface area contributed by atoms with E-state index in [4.69, 9.17) is 0 Å². The van der Waals surface area contributed by atoms with Gasteiger partial charge in [0.2, 0.25) is 11.5 Å². The number of hydrogen-bond donors (Lipinski definition) is 1. The maximum Gasteiger partial charge on any atom is 0.250 e. The van der Waals surface area contributed by atoms with E-state index in [1.807, 2.05) is 6.92 Å². The van der Waals surface area contributed by atoms with Crippen LogP contribution in [-0.2, 0) is 24.8 Å². The molecule has 0 spiro atoms. The Morgan fingerprint density at radius 2 is 1.76 bits per heavy atom. The van der Waals surface area contributed by atoms with E-state index in [-0.39, 0.29) is 11.5 Å². The van der Waals surface area contributed by atoms with Crippen molar-refractivity contribution in [3.05, 3.63) is 69.6 Å². The summed E-state index contributed by atoms with van der Waals surface area (Å²) < 4.78 is 1.51. The molecule has 21 heavy (non-hydrogen) atoms. The van der Waals surface area contributed by atoms with Gasteiger partial charge in [-0.15, -0.1) is 0 Å². The second-order valence-corrected chi connectivity index (χ2v) is 5.25. The summed E-state index contributed by atoms with van der Waals surface area (Å²) in [5, 5.41) is 2.87. The van der Waals surface area contributed by atoms with Crippen molar-refractivity contribution < 1.29 is 4.79 Å². The smallest absolute Gasteiger partial charge is 0.250 e. The zero-order valence-electron chi connectivity index (χ0n) is 12.4. The lowest BCUT2D eigenvalue weighted by Crippen LogP contribution is -2.24. The SMILES string of the molecule is Cc1ccc(CCC(=O)NCc2ccc(=O)n(C)c2)cc1. The Labute approximate surface area is 124 Å². The van der Waals surface area contributed by atoms with Crippen LogP contribution in [0, 0.1) is 6.92 Å². The monoisotopic (exact) mass is 284 g/mol. The van der Waals surface area contributed by atoms with Crippen molar-refractivity contribution in [2.24, 2.45) is 7.05 Å². The zero-order chi connectivity index (χ0) is 15.2. The molecule has 2 aromatic rings. The molecule has 0 bridgehead atoms. The minimum Gasteiger partial charge on any atom is -0.352 e. The lowest BCUT2D eigenvalue weighted by Gasteiger charge is -2.07. The summed E-state index contributed by atoms with van der Waals surface area (Å²) in [5.74, 6) is 0.0180. The lowest BCUT2D eigenvalue weighted by molar-refractivity contribution is -0.121. The van der Waals surface area contributed by atoms with Gasteiger partial charge in [0.25, 0.3) is 0 Å². The molecular formula is C17H20N2O2. The first-order valence-corrected chi connectivity index (χ1v) is 7.02. The molecule has 110 valence electrons. The Morgan fingerprint density at radius 3 is 2.43 bits per heavy atom. The number of benzene rings is 1. The van der Waals surface area contributed by atoms with Crippen molar-refractivity contribution in [1.29, 1.82) is 0 Å².